The summed E-state index contributed by atoms with van der Waals surface area (Å²) in [5, 5.41) is 11.8. The highest BCUT2D eigenvalue weighted by Gasteiger charge is 2.25. The van der Waals surface area contributed by atoms with Crippen molar-refractivity contribution in [2.24, 2.45) is 0 Å². The molecule has 0 saturated carbocycles. The van der Waals surface area contributed by atoms with E-state index in [4.69, 9.17) is 11.6 Å². The summed E-state index contributed by atoms with van der Waals surface area (Å²) in [5.41, 5.74) is 0.724. The number of nitrogens with one attached hydrogen (secondary N) is 1. The molecule has 3 rings (SSSR count). The molecule has 0 radical (unpaired) electrons. The number of non-ortho nitro benzene ring substituents is 1. The van der Waals surface area contributed by atoms with Crippen molar-refractivity contribution in [3.8, 4) is 0 Å². The Kier molecular flexibility index (Phi) is 5.69. The predicted molar refractivity (Wildman–Crippen MR) is 107 cm³/mol. The number of aromatic nitrogens is 1. The van der Waals surface area contributed by atoms with Crippen LogP contribution in [0, 0.1) is 10.1 Å². The van der Waals surface area contributed by atoms with E-state index >= 15 is 0 Å². The summed E-state index contributed by atoms with van der Waals surface area (Å²) in [5.74, 6) is -0.399. The van der Waals surface area contributed by atoms with Crippen LogP contribution in [0.1, 0.15) is 10.4 Å². The average molecular weight is 406 g/mol. The number of para-hydroxylation sites is 1. The molecule has 9 heteroatoms. The summed E-state index contributed by atoms with van der Waals surface area (Å²) in [4.78, 5) is 31.0. The van der Waals surface area contributed by atoms with Crippen molar-refractivity contribution in [2.75, 3.05) is 32.1 Å². The Morgan fingerprint density at radius 1 is 1.30 bits per heavy atom. The highest BCUT2D eigenvalue weighted by Crippen LogP contribution is 2.31. The van der Waals surface area contributed by atoms with E-state index in [1.807, 2.05) is 38.4 Å². The Labute approximate surface area is 164 Å². The monoisotopic (exact) mass is 405 g/mol. The number of halogens is 1. The van der Waals surface area contributed by atoms with Crippen molar-refractivity contribution in [3.05, 3.63) is 63.2 Å². The molecule has 0 spiro atoms. The molecule has 0 saturated heterocycles. The molecule has 0 fully saturated rings. The number of nitro benzene ring substituents is 1. The first-order valence-corrected chi connectivity index (χ1v) is 9.46. The number of nitro groups is 1. The molecule has 0 aliphatic carbocycles. The smallest absolute Gasteiger partial charge is 0.270 e. The summed E-state index contributed by atoms with van der Waals surface area (Å²) in [7, 11) is 3.97. The molecule has 0 aliphatic rings. The van der Waals surface area contributed by atoms with Gasteiger partial charge < -0.3 is 4.90 Å². The molecule has 27 heavy (non-hydrogen) atoms. The maximum Gasteiger partial charge on any atom is 0.270 e. The van der Waals surface area contributed by atoms with Crippen molar-refractivity contribution in [2.45, 2.75) is 0 Å². The van der Waals surface area contributed by atoms with Gasteiger partial charge in [0.2, 0.25) is 0 Å². The molecule has 0 atom stereocenters. The summed E-state index contributed by atoms with van der Waals surface area (Å²) in [6.07, 6.45) is 0. The highest BCUT2D eigenvalue weighted by atomic mass is 35.5. The van der Waals surface area contributed by atoms with Gasteiger partial charge in [-0.05, 0) is 18.2 Å². The topological polar surface area (TPSA) is 80.8 Å². The van der Waals surface area contributed by atoms with E-state index in [1.54, 1.807) is 4.90 Å². The van der Waals surface area contributed by atoms with E-state index < -0.39 is 10.8 Å². The summed E-state index contributed by atoms with van der Waals surface area (Å²) in [6.45, 7) is 1.11. The maximum absolute atomic E-state index is 13.2. The highest BCUT2D eigenvalue weighted by molar-refractivity contribution is 7.22. The average Bonchev–Trinajstić information content (AvgIpc) is 3.05. The first kappa shape index (κ1) is 19.2. The van der Waals surface area contributed by atoms with Gasteiger partial charge in [0.1, 0.15) is 0 Å². The van der Waals surface area contributed by atoms with Crippen molar-refractivity contribution in [1.29, 1.82) is 0 Å². The zero-order valence-corrected chi connectivity index (χ0v) is 16.4. The normalized spacial score (nSPS) is 11.1. The molecule has 0 bridgehead atoms. The van der Waals surface area contributed by atoms with Crippen LogP contribution in [-0.2, 0) is 0 Å². The molecule has 3 aromatic rings. The number of nitrogens with zero attached hydrogens (tertiary/aromatic N) is 3. The molecule has 140 valence electrons. The van der Waals surface area contributed by atoms with Gasteiger partial charge in [-0.3, -0.25) is 19.8 Å². The second kappa shape index (κ2) is 7.99. The number of quaternary nitrogens is 1. The summed E-state index contributed by atoms with van der Waals surface area (Å²) >= 11 is 7.58. The van der Waals surface area contributed by atoms with Gasteiger partial charge in [0, 0.05) is 12.1 Å². The van der Waals surface area contributed by atoms with Gasteiger partial charge in [0.15, 0.2) is 5.13 Å². The largest absolute Gasteiger partial charge is 0.338 e. The van der Waals surface area contributed by atoms with Crippen LogP contribution in [0.3, 0.4) is 0 Å². The van der Waals surface area contributed by atoms with Crippen molar-refractivity contribution in [1.82, 2.24) is 4.98 Å². The minimum absolute atomic E-state index is 0.0962. The predicted octanol–water partition coefficient (Wildman–Crippen LogP) is 2.65. The van der Waals surface area contributed by atoms with E-state index in [0.29, 0.717) is 18.2 Å². The molecule has 0 unspecified atom stereocenters. The van der Waals surface area contributed by atoms with Crippen LogP contribution in [0.4, 0.5) is 10.8 Å². The Hall–Kier alpha value is -2.55. The number of fused-ring (bicyclic) bond motifs is 1. The van der Waals surface area contributed by atoms with Crippen molar-refractivity contribution >= 4 is 49.9 Å². The van der Waals surface area contributed by atoms with E-state index in [-0.39, 0.29) is 16.3 Å². The van der Waals surface area contributed by atoms with Crippen molar-refractivity contribution < 1.29 is 14.6 Å². The van der Waals surface area contributed by atoms with Crippen molar-refractivity contribution in [3.63, 3.8) is 0 Å². The molecule has 1 amide bonds. The zero-order valence-electron chi connectivity index (χ0n) is 14.8. The number of rotatable bonds is 6. The number of benzene rings is 2. The fourth-order valence-corrected chi connectivity index (χ4v) is 3.72. The lowest BCUT2D eigenvalue weighted by atomic mass is 10.1. The number of anilines is 1. The molecule has 1 N–H and O–H groups in total. The Bertz CT molecular complexity index is 972. The first-order valence-electron chi connectivity index (χ1n) is 8.27. The number of likely N-dealkylation sites (N-methyl/N-ethyl adjacent to an activating group) is 1. The molecule has 7 nitrogen and oxygen atoms in total. The minimum atomic E-state index is -0.543. The molecule has 1 heterocycles. The van der Waals surface area contributed by atoms with Crippen LogP contribution < -0.4 is 9.80 Å². The number of thiazole rings is 1. The van der Waals surface area contributed by atoms with E-state index in [1.165, 1.54) is 34.4 Å². The lowest BCUT2D eigenvalue weighted by Crippen LogP contribution is -3.06. The SMILES string of the molecule is C[NH+](C)CCN(C(=O)c1cc([N+](=O)[O-])ccc1Cl)c1nc2ccccc2s1. The lowest BCUT2D eigenvalue weighted by molar-refractivity contribution is -0.856. The molecule has 2 aromatic carbocycles. The first-order chi connectivity index (χ1) is 12.9. The van der Waals surface area contributed by atoms with Gasteiger partial charge in [-0.15, -0.1) is 0 Å². The number of amides is 1. The van der Waals surface area contributed by atoms with E-state index in [9.17, 15) is 14.9 Å². The number of carbonyl (C=O) groups excluding carboxylic acids is 1. The summed E-state index contributed by atoms with van der Waals surface area (Å²) < 4.78 is 0.965. The number of carbonyl (C=O) groups is 1. The van der Waals surface area contributed by atoms with Crippen LogP contribution in [0.5, 0.6) is 0 Å². The van der Waals surface area contributed by atoms with Crippen LogP contribution in [0.25, 0.3) is 10.2 Å². The minimum Gasteiger partial charge on any atom is -0.338 e. The third-order valence-corrected chi connectivity index (χ3v) is 5.37. The fraction of sp³-hybridized carbons (Fsp3) is 0.222. The second-order valence-electron chi connectivity index (χ2n) is 6.30. The molecule has 0 aliphatic heterocycles. The molecular formula is C18H18ClN4O3S+. The van der Waals surface area contributed by atoms with Gasteiger partial charge in [-0.2, -0.15) is 0 Å². The quantitative estimate of drug-likeness (QED) is 0.505. The third-order valence-electron chi connectivity index (χ3n) is 3.99. The van der Waals surface area contributed by atoms with E-state index in [0.717, 1.165) is 10.2 Å². The Balaban J connectivity index is 2.03. The lowest BCUT2D eigenvalue weighted by Gasteiger charge is -2.21. The van der Waals surface area contributed by atoms with Crippen LogP contribution in [-0.4, -0.2) is 43.0 Å². The second-order valence-corrected chi connectivity index (χ2v) is 7.72. The molecule has 1 aromatic heterocycles. The Morgan fingerprint density at radius 2 is 2.04 bits per heavy atom. The standard InChI is InChI=1S/C18H17ClN4O3S/c1-21(2)9-10-22(18-20-15-5-3-4-6-16(15)27-18)17(24)13-11-12(23(25)26)7-8-14(13)19/h3-8,11H,9-10H2,1-2H3/p+1. The number of hydrogen-bond donors (Lipinski definition) is 1. The summed E-state index contributed by atoms with van der Waals surface area (Å²) in [6, 6.07) is 11.5. The van der Waals surface area contributed by atoms with Gasteiger partial charge >= 0.3 is 0 Å². The fourth-order valence-electron chi connectivity index (χ4n) is 2.53. The Morgan fingerprint density at radius 3 is 2.70 bits per heavy atom. The van der Waals surface area contributed by atoms with Crippen LogP contribution in [0.15, 0.2) is 42.5 Å². The zero-order chi connectivity index (χ0) is 19.6. The maximum atomic E-state index is 13.2. The molecular weight excluding hydrogens is 388 g/mol. The van der Waals surface area contributed by atoms with E-state index in [2.05, 4.69) is 4.98 Å². The van der Waals surface area contributed by atoms with Gasteiger partial charge in [-0.1, -0.05) is 35.1 Å². The third kappa shape index (κ3) is 4.24. The van der Waals surface area contributed by atoms with Gasteiger partial charge in [0.05, 0.1) is 52.9 Å². The van der Waals surface area contributed by atoms with Gasteiger partial charge in [-0.25, -0.2) is 4.98 Å². The van der Waals surface area contributed by atoms with Gasteiger partial charge in [0.25, 0.3) is 11.6 Å². The number of hydrogen-bond acceptors (Lipinski definition) is 5. The van der Waals surface area contributed by atoms with Crippen LogP contribution in [0.2, 0.25) is 5.02 Å². The van der Waals surface area contributed by atoms with Crippen LogP contribution >= 0.6 is 22.9 Å².